The number of anilines is 1. The molecule has 0 saturated carbocycles. The Bertz CT molecular complexity index is 906. The summed E-state index contributed by atoms with van der Waals surface area (Å²) in [6, 6.07) is 14.4. The lowest BCUT2D eigenvalue weighted by molar-refractivity contribution is -0.147. The van der Waals surface area contributed by atoms with E-state index in [1.807, 2.05) is 62.4 Å². The van der Waals surface area contributed by atoms with Gasteiger partial charge in [0.2, 0.25) is 17.7 Å². The predicted molar refractivity (Wildman–Crippen MR) is 117 cm³/mol. The standard InChI is InChI=1S/C24H29N3O3/c1-17-10-9-11-18(2)22(17)25-20(28)16-26(3)24(30)23(19-12-5-4-6-13-19)27-15-8-7-14-21(27)29/h4-6,9-13,23H,7-8,14-16H2,1-3H3,(H,25,28). The second-order valence-electron chi connectivity index (χ2n) is 7.87. The van der Waals surface area contributed by atoms with Crippen LogP contribution in [-0.4, -0.2) is 47.7 Å². The Morgan fingerprint density at radius 1 is 1.03 bits per heavy atom. The summed E-state index contributed by atoms with van der Waals surface area (Å²) >= 11 is 0. The molecule has 2 aromatic rings. The molecule has 1 unspecified atom stereocenters. The highest BCUT2D eigenvalue weighted by molar-refractivity contribution is 5.97. The zero-order valence-electron chi connectivity index (χ0n) is 17.9. The molecule has 158 valence electrons. The normalized spacial score (nSPS) is 14.9. The maximum absolute atomic E-state index is 13.4. The van der Waals surface area contributed by atoms with Crippen molar-refractivity contribution >= 4 is 23.4 Å². The van der Waals surface area contributed by atoms with E-state index >= 15 is 0 Å². The predicted octanol–water partition coefficient (Wildman–Crippen LogP) is 3.45. The molecule has 1 saturated heterocycles. The fraction of sp³-hybridized carbons (Fsp3) is 0.375. The van der Waals surface area contributed by atoms with Gasteiger partial charge in [-0.05, 0) is 43.4 Å². The van der Waals surface area contributed by atoms with E-state index in [4.69, 9.17) is 0 Å². The van der Waals surface area contributed by atoms with Gasteiger partial charge >= 0.3 is 0 Å². The Morgan fingerprint density at radius 2 is 1.70 bits per heavy atom. The topological polar surface area (TPSA) is 69.7 Å². The minimum atomic E-state index is -0.711. The maximum atomic E-state index is 13.4. The van der Waals surface area contributed by atoms with Crippen molar-refractivity contribution in [3.63, 3.8) is 0 Å². The number of amides is 3. The molecule has 1 fully saturated rings. The highest BCUT2D eigenvalue weighted by Gasteiger charge is 2.34. The van der Waals surface area contributed by atoms with Crippen LogP contribution >= 0.6 is 0 Å². The summed E-state index contributed by atoms with van der Waals surface area (Å²) in [5.74, 6) is -0.537. The van der Waals surface area contributed by atoms with Crippen LogP contribution in [-0.2, 0) is 14.4 Å². The van der Waals surface area contributed by atoms with Crippen LogP contribution in [0.15, 0.2) is 48.5 Å². The maximum Gasteiger partial charge on any atom is 0.250 e. The van der Waals surface area contributed by atoms with E-state index in [1.165, 1.54) is 4.90 Å². The Morgan fingerprint density at radius 3 is 2.33 bits per heavy atom. The van der Waals surface area contributed by atoms with Crippen molar-refractivity contribution < 1.29 is 14.4 Å². The smallest absolute Gasteiger partial charge is 0.250 e. The lowest BCUT2D eigenvalue weighted by Crippen LogP contribution is -2.47. The molecule has 0 radical (unpaired) electrons. The van der Waals surface area contributed by atoms with E-state index in [2.05, 4.69) is 5.32 Å². The van der Waals surface area contributed by atoms with Crippen molar-refractivity contribution in [3.05, 3.63) is 65.2 Å². The quantitative estimate of drug-likeness (QED) is 0.797. The van der Waals surface area contributed by atoms with Crippen LogP contribution in [0.4, 0.5) is 5.69 Å². The van der Waals surface area contributed by atoms with Crippen molar-refractivity contribution in [2.45, 2.75) is 39.2 Å². The van der Waals surface area contributed by atoms with Crippen molar-refractivity contribution in [2.75, 3.05) is 25.5 Å². The highest BCUT2D eigenvalue weighted by atomic mass is 16.2. The number of benzene rings is 2. The molecular weight excluding hydrogens is 378 g/mol. The molecule has 0 bridgehead atoms. The van der Waals surface area contributed by atoms with Gasteiger partial charge in [0.1, 0.15) is 6.04 Å². The first kappa shape index (κ1) is 21.6. The molecule has 2 aromatic carbocycles. The SMILES string of the molecule is Cc1cccc(C)c1NC(=O)CN(C)C(=O)C(c1ccccc1)N1CCCCC1=O. The Balaban J connectivity index is 1.77. The molecule has 1 N–H and O–H groups in total. The number of nitrogens with one attached hydrogen (secondary N) is 1. The molecule has 3 rings (SSSR count). The molecule has 1 aliphatic heterocycles. The molecule has 1 atom stereocenters. The fourth-order valence-corrected chi connectivity index (χ4v) is 3.88. The molecule has 6 heteroatoms. The molecule has 0 aliphatic carbocycles. The van der Waals surface area contributed by atoms with E-state index in [0.29, 0.717) is 13.0 Å². The minimum absolute atomic E-state index is 0.0168. The number of aryl methyl sites for hydroxylation is 2. The number of rotatable bonds is 6. The number of hydrogen-bond donors (Lipinski definition) is 1. The second kappa shape index (κ2) is 9.57. The first-order valence-electron chi connectivity index (χ1n) is 10.3. The molecular formula is C24H29N3O3. The Kier molecular flexibility index (Phi) is 6.87. The minimum Gasteiger partial charge on any atom is -0.334 e. The number of nitrogens with zero attached hydrogens (tertiary/aromatic N) is 2. The van der Waals surface area contributed by atoms with Crippen molar-refractivity contribution in [2.24, 2.45) is 0 Å². The lowest BCUT2D eigenvalue weighted by Gasteiger charge is -2.36. The molecule has 1 aliphatic rings. The van der Waals surface area contributed by atoms with E-state index in [0.717, 1.165) is 35.2 Å². The third-order valence-corrected chi connectivity index (χ3v) is 5.52. The number of hydrogen-bond acceptors (Lipinski definition) is 3. The summed E-state index contributed by atoms with van der Waals surface area (Å²) in [6.07, 6.45) is 2.17. The van der Waals surface area contributed by atoms with Gasteiger partial charge in [-0.15, -0.1) is 0 Å². The lowest BCUT2D eigenvalue weighted by atomic mass is 10.00. The number of carbonyl (C=O) groups excluding carboxylic acids is 3. The molecule has 30 heavy (non-hydrogen) atoms. The molecule has 6 nitrogen and oxygen atoms in total. The second-order valence-corrected chi connectivity index (χ2v) is 7.87. The number of piperidine rings is 1. The highest BCUT2D eigenvalue weighted by Crippen LogP contribution is 2.27. The Hall–Kier alpha value is -3.15. The Labute approximate surface area is 177 Å². The average Bonchev–Trinajstić information content (AvgIpc) is 2.73. The summed E-state index contributed by atoms with van der Waals surface area (Å²) in [6.45, 7) is 4.33. The van der Waals surface area contributed by atoms with Gasteiger partial charge in [-0.2, -0.15) is 0 Å². The van der Waals surface area contributed by atoms with Crippen LogP contribution in [0.3, 0.4) is 0 Å². The zero-order chi connectivity index (χ0) is 21.7. The van der Waals surface area contributed by atoms with Crippen LogP contribution in [0, 0.1) is 13.8 Å². The molecule has 0 spiro atoms. The number of likely N-dealkylation sites (N-methyl/N-ethyl adjacent to an activating group) is 1. The van der Waals surface area contributed by atoms with Gasteiger partial charge in [0.25, 0.3) is 0 Å². The number of likely N-dealkylation sites (tertiary alicyclic amines) is 1. The van der Waals surface area contributed by atoms with E-state index < -0.39 is 6.04 Å². The molecule has 0 aromatic heterocycles. The van der Waals surface area contributed by atoms with Gasteiger partial charge < -0.3 is 15.1 Å². The monoisotopic (exact) mass is 407 g/mol. The third kappa shape index (κ3) is 4.87. The third-order valence-electron chi connectivity index (χ3n) is 5.52. The van der Waals surface area contributed by atoms with E-state index in [-0.39, 0.29) is 24.3 Å². The first-order valence-corrected chi connectivity index (χ1v) is 10.3. The van der Waals surface area contributed by atoms with Crippen molar-refractivity contribution in [3.8, 4) is 0 Å². The van der Waals surface area contributed by atoms with Crippen molar-refractivity contribution in [1.82, 2.24) is 9.80 Å². The van der Waals surface area contributed by atoms with Gasteiger partial charge in [0.15, 0.2) is 0 Å². The van der Waals surface area contributed by atoms with Gasteiger partial charge in [0, 0.05) is 25.7 Å². The summed E-state index contributed by atoms with van der Waals surface area (Å²) in [7, 11) is 1.61. The number of para-hydroxylation sites is 1. The van der Waals surface area contributed by atoms with Crippen LogP contribution in [0.2, 0.25) is 0 Å². The molecule has 1 heterocycles. The van der Waals surface area contributed by atoms with Crippen LogP contribution in [0.5, 0.6) is 0 Å². The largest absolute Gasteiger partial charge is 0.334 e. The summed E-state index contributed by atoms with van der Waals surface area (Å²) in [5, 5.41) is 2.92. The van der Waals surface area contributed by atoms with Gasteiger partial charge in [0.05, 0.1) is 6.54 Å². The fourth-order valence-electron chi connectivity index (χ4n) is 3.88. The van der Waals surface area contributed by atoms with Gasteiger partial charge in [-0.3, -0.25) is 14.4 Å². The summed E-state index contributed by atoms with van der Waals surface area (Å²) in [5.41, 5.74) is 3.48. The van der Waals surface area contributed by atoms with Crippen LogP contribution in [0.25, 0.3) is 0 Å². The van der Waals surface area contributed by atoms with Crippen LogP contribution < -0.4 is 5.32 Å². The zero-order valence-corrected chi connectivity index (χ0v) is 17.9. The van der Waals surface area contributed by atoms with E-state index in [9.17, 15) is 14.4 Å². The molecule has 3 amide bonds. The van der Waals surface area contributed by atoms with Gasteiger partial charge in [-0.1, -0.05) is 48.5 Å². The first-order chi connectivity index (χ1) is 14.4. The number of carbonyl (C=O) groups is 3. The average molecular weight is 408 g/mol. The van der Waals surface area contributed by atoms with E-state index in [1.54, 1.807) is 11.9 Å². The summed E-state index contributed by atoms with van der Waals surface area (Å²) < 4.78 is 0. The van der Waals surface area contributed by atoms with Gasteiger partial charge in [-0.25, -0.2) is 0 Å². The van der Waals surface area contributed by atoms with Crippen LogP contribution in [0.1, 0.15) is 42.0 Å². The summed E-state index contributed by atoms with van der Waals surface area (Å²) in [4.78, 5) is 41.6. The van der Waals surface area contributed by atoms with Crippen molar-refractivity contribution in [1.29, 1.82) is 0 Å².